The molecule has 222 valence electrons. The van der Waals surface area contributed by atoms with Gasteiger partial charge in [-0.1, -0.05) is 6.07 Å². The third-order valence-corrected chi connectivity index (χ3v) is 8.57. The highest BCUT2D eigenvalue weighted by atomic mass is 19.4. The van der Waals surface area contributed by atoms with Crippen molar-refractivity contribution in [2.45, 2.75) is 50.4 Å². The van der Waals surface area contributed by atoms with Crippen molar-refractivity contribution < 1.29 is 27.4 Å². The second kappa shape index (κ2) is 11.0. The van der Waals surface area contributed by atoms with Crippen molar-refractivity contribution in [1.82, 2.24) is 25.2 Å². The maximum absolute atomic E-state index is 14.3. The third-order valence-electron chi connectivity index (χ3n) is 8.57. The van der Waals surface area contributed by atoms with E-state index in [9.17, 15) is 18.0 Å². The van der Waals surface area contributed by atoms with Crippen LogP contribution in [0.1, 0.15) is 43.1 Å². The molecular weight excluding hydrogens is 549 g/mol. The number of rotatable bonds is 6. The molecule has 12 heteroatoms. The molecule has 9 nitrogen and oxygen atoms in total. The van der Waals surface area contributed by atoms with E-state index >= 15 is 0 Å². The van der Waals surface area contributed by atoms with Gasteiger partial charge in [-0.3, -0.25) is 9.78 Å². The molecule has 6 rings (SSSR count). The number of halogens is 3. The lowest BCUT2D eigenvalue weighted by atomic mass is 9.68. The first-order chi connectivity index (χ1) is 20.2. The average Bonchev–Trinajstić information content (AvgIpc) is 3.54. The van der Waals surface area contributed by atoms with Crippen molar-refractivity contribution in [2.75, 3.05) is 44.8 Å². The number of ether oxygens (including phenoxy) is 2. The molecule has 0 aromatic carbocycles. The number of pyridine rings is 3. The lowest BCUT2D eigenvalue weighted by Gasteiger charge is -2.49. The molecule has 42 heavy (non-hydrogen) atoms. The van der Waals surface area contributed by atoms with E-state index in [1.165, 1.54) is 19.2 Å². The number of fused-ring (bicyclic) bond motifs is 2. The molecule has 3 aliphatic rings. The van der Waals surface area contributed by atoms with E-state index in [0.29, 0.717) is 44.1 Å². The van der Waals surface area contributed by atoms with Crippen LogP contribution in [0.3, 0.4) is 0 Å². The minimum atomic E-state index is -4.65. The smallest absolute Gasteiger partial charge is 0.435 e. The van der Waals surface area contributed by atoms with Crippen molar-refractivity contribution in [2.24, 2.45) is 0 Å². The maximum atomic E-state index is 14.3. The predicted octanol–water partition coefficient (Wildman–Crippen LogP) is 4.21. The lowest BCUT2D eigenvalue weighted by molar-refractivity contribution is -0.143. The van der Waals surface area contributed by atoms with E-state index in [1.54, 1.807) is 11.1 Å². The van der Waals surface area contributed by atoms with Crippen LogP contribution in [0, 0.1) is 0 Å². The predicted molar refractivity (Wildman–Crippen MR) is 149 cm³/mol. The van der Waals surface area contributed by atoms with Gasteiger partial charge >= 0.3 is 6.18 Å². The van der Waals surface area contributed by atoms with Crippen molar-refractivity contribution in [3.05, 3.63) is 59.5 Å². The number of carbonyl (C=O) groups excluding carboxylic acids is 1. The summed E-state index contributed by atoms with van der Waals surface area (Å²) in [4.78, 5) is 31.1. The average molecular weight is 583 g/mol. The number of carbonyl (C=O) groups is 1. The van der Waals surface area contributed by atoms with Crippen LogP contribution in [0.2, 0.25) is 0 Å². The second-order valence-corrected chi connectivity index (χ2v) is 10.8. The number of methoxy groups -OCH3 is 1. The van der Waals surface area contributed by atoms with E-state index in [0.717, 1.165) is 29.8 Å². The maximum Gasteiger partial charge on any atom is 0.435 e. The molecule has 1 N–H and O–H groups in total. The highest BCUT2D eigenvalue weighted by Gasteiger charge is 2.52. The monoisotopic (exact) mass is 582 g/mol. The lowest BCUT2D eigenvalue weighted by Crippen LogP contribution is -2.58. The van der Waals surface area contributed by atoms with Gasteiger partial charge in [-0.25, -0.2) is 9.97 Å². The summed E-state index contributed by atoms with van der Waals surface area (Å²) in [6.07, 6.45) is -1.42. The first-order valence-electron chi connectivity index (χ1n) is 14.2. The summed E-state index contributed by atoms with van der Waals surface area (Å²) in [7, 11) is 1.29. The van der Waals surface area contributed by atoms with Crippen LogP contribution in [-0.4, -0.2) is 71.7 Å². The Bertz CT molecular complexity index is 1470. The summed E-state index contributed by atoms with van der Waals surface area (Å²) in [5, 5.41) is 3.35. The van der Waals surface area contributed by atoms with Crippen LogP contribution in [0.4, 0.5) is 18.9 Å². The Hall–Kier alpha value is -3.93. The number of nitrogens with zero attached hydrogens (tertiary/aromatic N) is 5. The highest BCUT2D eigenvalue weighted by Crippen LogP contribution is 2.46. The SMILES string of the molecule is CCOc1ncccc1-c1ccc2c(n1)CN([C@H]1CCNC1)C(=O)C21CCN(c2ccc(OC)nc2C(F)(F)F)CC1. The Morgan fingerprint density at radius 1 is 1.12 bits per heavy atom. The van der Waals surface area contributed by atoms with Crippen molar-refractivity contribution in [3.8, 4) is 23.0 Å². The van der Waals surface area contributed by atoms with E-state index in [2.05, 4.69) is 15.3 Å². The molecule has 0 unspecified atom stereocenters. The first-order valence-corrected chi connectivity index (χ1v) is 14.2. The number of alkyl halides is 3. The number of nitrogens with one attached hydrogen (secondary N) is 1. The van der Waals surface area contributed by atoms with Crippen molar-refractivity contribution in [3.63, 3.8) is 0 Å². The zero-order chi connectivity index (χ0) is 29.5. The van der Waals surface area contributed by atoms with E-state index < -0.39 is 17.3 Å². The topological polar surface area (TPSA) is 92.7 Å². The Kier molecular flexibility index (Phi) is 7.42. The molecule has 0 saturated carbocycles. The van der Waals surface area contributed by atoms with Crippen LogP contribution in [0.15, 0.2) is 42.6 Å². The van der Waals surface area contributed by atoms with Gasteiger partial charge in [-0.2, -0.15) is 13.2 Å². The molecule has 1 amide bonds. The fourth-order valence-corrected chi connectivity index (χ4v) is 6.49. The molecule has 2 saturated heterocycles. The number of anilines is 1. The highest BCUT2D eigenvalue weighted by molar-refractivity contribution is 5.91. The molecule has 2 fully saturated rings. The first kappa shape index (κ1) is 28.2. The zero-order valence-corrected chi connectivity index (χ0v) is 23.6. The molecule has 0 bridgehead atoms. The Balaban J connectivity index is 1.37. The molecule has 1 spiro atoms. The number of hydrogen-bond donors (Lipinski definition) is 1. The Morgan fingerprint density at radius 2 is 1.93 bits per heavy atom. The minimum Gasteiger partial charge on any atom is -0.481 e. The quantitative estimate of drug-likeness (QED) is 0.463. The molecule has 3 aliphatic heterocycles. The number of aromatic nitrogens is 3. The van der Waals surface area contributed by atoms with Gasteiger partial charge in [0, 0.05) is 37.9 Å². The summed E-state index contributed by atoms with van der Waals surface area (Å²) in [6, 6.07) is 10.5. The van der Waals surface area contributed by atoms with Crippen LogP contribution >= 0.6 is 0 Å². The number of hydrogen-bond acceptors (Lipinski definition) is 8. The molecule has 3 aromatic heterocycles. The van der Waals surface area contributed by atoms with Crippen LogP contribution in [0.25, 0.3) is 11.3 Å². The fraction of sp³-hybridized carbons (Fsp3) is 0.467. The van der Waals surface area contributed by atoms with Gasteiger partial charge < -0.3 is 24.6 Å². The van der Waals surface area contributed by atoms with Crippen LogP contribution in [-0.2, 0) is 22.9 Å². The molecule has 6 heterocycles. The molecule has 3 aromatic rings. The van der Waals surface area contributed by atoms with Gasteiger partial charge in [-0.15, -0.1) is 0 Å². The summed E-state index contributed by atoms with van der Waals surface area (Å²) < 4.78 is 52.6. The van der Waals surface area contributed by atoms with Gasteiger partial charge in [0.2, 0.25) is 17.7 Å². The standard InChI is InChI=1S/C30H33F3N6O3/c1-3-42-27-20(5-4-13-35-27)22-7-6-21-23(36-22)18-39(19-10-14-34-17-19)28(40)29(21)11-15-38(16-12-29)24-8-9-25(41-2)37-26(24)30(31,32)33/h4-9,13,19,34H,3,10-12,14-18H2,1-2H3/t19-/m0/s1. The Morgan fingerprint density at radius 3 is 2.62 bits per heavy atom. The summed E-state index contributed by atoms with van der Waals surface area (Å²) in [6.45, 7) is 4.79. The molecule has 0 aliphatic carbocycles. The van der Waals surface area contributed by atoms with E-state index in [1.807, 2.05) is 36.1 Å². The largest absolute Gasteiger partial charge is 0.481 e. The fourth-order valence-electron chi connectivity index (χ4n) is 6.49. The van der Waals surface area contributed by atoms with Crippen LogP contribution in [0.5, 0.6) is 11.8 Å². The van der Waals surface area contributed by atoms with Gasteiger partial charge in [0.25, 0.3) is 0 Å². The van der Waals surface area contributed by atoms with Gasteiger partial charge in [-0.05, 0) is 62.6 Å². The van der Waals surface area contributed by atoms with Gasteiger partial charge in [0.15, 0.2) is 5.69 Å². The normalized spacial score (nSPS) is 20.1. The zero-order valence-electron chi connectivity index (χ0n) is 23.6. The number of amides is 1. The summed E-state index contributed by atoms with van der Waals surface area (Å²) in [5.74, 6) is 0.422. The summed E-state index contributed by atoms with van der Waals surface area (Å²) in [5.41, 5.74) is 1.25. The number of piperidine rings is 1. The molecule has 1 atom stereocenters. The van der Waals surface area contributed by atoms with Crippen molar-refractivity contribution in [1.29, 1.82) is 0 Å². The minimum absolute atomic E-state index is 0.00742. The second-order valence-electron chi connectivity index (χ2n) is 10.8. The molecule has 0 radical (unpaired) electrons. The van der Waals surface area contributed by atoms with E-state index in [-0.39, 0.29) is 36.6 Å². The summed E-state index contributed by atoms with van der Waals surface area (Å²) >= 11 is 0. The van der Waals surface area contributed by atoms with Crippen LogP contribution < -0.4 is 19.7 Å². The van der Waals surface area contributed by atoms with Crippen molar-refractivity contribution >= 4 is 11.6 Å². The van der Waals surface area contributed by atoms with Gasteiger partial charge in [0.1, 0.15) is 0 Å². The Labute approximate surface area is 242 Å². The van der Waals surface area contributed by atoms with E-state index in [4.69, 9.17) is 14.5 Å². The van der Waals surface area contributed by atoms with Gasteiger partial charge in [0.05, 0.1) is 48.3 Å². The third kappa shape index (κ3) is 4.91. The molecular formula is C30H33F3N6O3.